The number of hydrogen-bond donors (Lipinski definition) is 1. The zero-order valence-corrected chi connectivity index (χ0v) is 17.3. The van der Waals surface area contributed by atoms with Crippen LogP contribution in [0, 0.1) is 5.92 Å². The monoisotopic (exact) mass is 376 g/mol. The van der Waals surface area contributed by atoms with Crippen molar-refractivity contribution in [3.05, 3.63) is 0 Å². The highest BCUT2D eigenvalue weighted by Gasteiger charge is 2.28. The molecule has 0 aromatic rings. The number of piperazine rings is 1. The van der Waals surface area contributed by atoms with Gasteiger partial charge in [0.1, 0.15) is 0 Å². The molecule has 1 heterocycles. The van der Waals surface area contributed by atoms with Crippen molar-refractivity contribution in [3.8, 4) is 0 Å². The second kappa shape index (κ2) is 11.0. The van der Waals surface area contributed by atoms with Crippen molar-refractivity contribution in [1.29, 1.82) is 0 Å². The van der Waals surface area contributed by atoms with E-state index < -0.39 is 10.0 Å². The van der Waals surface area contributed by atoms with Crippen molar-refractivity contribution in [2.45, 2.75) is 46.6 Å². The Hall–Kier alpha value is -0.860. The van der Waals surface area contributed by atoms with Crippen LogP contribution in [0.2, 0.25) is 0 Å². The lowest BCUT2D eigenvalue weighted by Crippen LogP contribution is -2.54. The Morgan fingerprint density at radius 2 is 1.76 bits per heavy atom. The van der Waals surface area contributed by atoms with Crippen LogP contribution in [0.3, 0.4) is 0 Å². The van der Waals surface area contributed by atoms with Crippen molar-refractivity contribution in [2.24, 2.45) is 10.9 Å². The van der Waals surface area contributed by atoms with Crippen molar-refractivity contribution >= 4 is 16.0 Å². The molecule has 0 aromatic carbocycles. The van der Waals surface area contributed by atoms with Crippen LogP contribution in [0.15, 0.2) is 4.99 Å². The molecule has 1 aliphatic rings. The lowest BCUT2D eigenvalue weighted by Gasteiger charge is -2.36. The molecule has 0 atom stereocenters. The van der Waals surface area contributed by atoms with Crippen LogP contribution in [-0.2, 0) is 14.8 Å². The van der Waals surface area contributed by atoms with Crippen LogP contribution >= 0.6 is 0 Å². The molecule has 1 fully saturated rings. The van der Waals surface area contributed by atoms with Gasteiger partial charge in [-0.2, -0.15) is 4.31 Å². The van der Waals surface area contributed by atoms with Crippen LogP contribution in [0.5, 0.6) is 0 Å². The molecule has 1 aliphatic heterocycles. The molecular weight excluding hydrogens is 340 g/mol. The third-order valence-electron chi connectivity index (χ3n) is 4.64. The van der Waals surface area contributed by atoms with Crippen molar-refractivity contribution < 1.29 is 13.2 Å². The maximum atomic E-state index is 12.4. The van der Waals surface area contributed by atoms with E-state index in [1.807, 2.05) is 13.8 Å². The Morgan fingerprint density at radius 1 is 1.16 bits per heavy atom. The minimum Gasteiger partial charge on any atom is -0.378 e. The molecule has 1 N–H and O–H groups in total. The van der Waals surface area contributed by atoms with E-state index in [1.54, 1.807) is 11.4 Å². The maximum Gasteiger partial charge on any atom is 0.216 e. The summed E-state index contributed by atoms with van der Waals surface area (Å²) in [4.78, 5) is 6.49. The van der Waals surface area contributed by atoms with E-state index in [4.69, 9.17) is 4.74 Å². The SMILES string of the molecule is CCC(CC)CNC(=NC)N1CCN(S(=O)(=O)CCOC(C)C)CC1. The topological polar surface area (TPSA) is 74.2 Å². The number of guanidine groups is 1. The van der Waals surface area contributed by atoms with Crippen molar-refractivity contribution in [1.82, 2.24) is 14.5 Å². The van der Waals surface area contributed by atoms with Gasteiger partial charge in [-0.25, -0.2) is 8.42 Å². The average molecular weight is 377 g/mol. The standard InChI is InChI=1S/C17H36N4O3S/c1-6-16(7-2)14-19-17(18-5)20-8-10-21(11-9-20)25(22,23)13-12-24-15(3)4/h15-16H,6-14H2,1-5H3,(H,18,19). The van der Waals surface area contributed by atoms with Crippen molar-refractivity contribution in [2.75, 3.05) is 52.1 Å². The Labute approximate surface area is 153 Å². The summed E-state index contributed by atoms with van der Waals surface area (Å²) in [7, 11) is -1.47. The largest absolute Gasteiger partial charge is 0.378 e. The summed E-state index contributed by atoms with van der Waals surface area (Å²) in [6, 6.07) is 0. The number of sulfonamides is 1. The second-order valence-corrected chi connectivity index (χ2v) is 8.82. The maximum absolute atomic E-state index is 12.4. The molecule has 25 heavy (non-hydrogen) atoms. The fourth-order valence-corrected chi connectivity index (χ4v) is 4.13. The van der Waals surface area contributed by atoms with Crippen LogP contribution in [0.4, 0.5) is 0 Å². The van der Waals surface area contributed by atoms with Gasteiger partial charge in [0, 0.05) is 39.8 Å². The van der Waals surface area contributed by atoms with Crippen LogP contribution in [-0.4, -0.2) is 81.8 Å². The molecule has 1 saturated heterocycles. The number of aliphatic imine (C=N–C) groups is 1. The number of hydrogen-bond acceptors (Lipinski definition) is 4. The third-order valence-corrected chi connectivity index (χ3v) is 6.47. The van der Waals surface area contributed by atoms with Crippen molar-refractivity contribution in [3.63, 3.8) is 0 Å². The van der Waals surface area contributed by atoms with E-state index in [0.29, 0.717) is 32.1 Å². The zero-order chi connectivity index (χ0) is 18.9. The van der Waals surface area contributed by atoms with Gasteiger partial charge in [-0.3, -0.25) is 4.99 Å². The quantitative estimate of drug-likeness (QED) is 0.486. The Morgan fingerprint density at radius 3 is 2.24 bits per heavy atom. The molecule has 8 heteroatoms. The predicted octanol–water partition coefficient (Wildman–Crippen LogP) is 1.37. The molecule has 148 valence electrons. The van der Waals surface area contributed by atoms with Gasteiger partial charge >= 0.3 is 0 Å². The average Bonchev–Trinajstić information content (AvgIpc) is 2.58. The summed E-state index contributed by atoms with van der Waals surface area (Å²) in [5.74, 6) is 1.55. The summed E-state index contributed by atoms with van der Waals surface area (Å²) in [5, 5.41) is 3.43. The van der Waals surface area contributed by atoms with Crippen LogP contribution in [0.25, 0.3) is 0 Å². The lowest BCUT2D eigenvalue weighted by atomic mass is 10.0. The van der Waals surface area contributed by atoms with Gasteiger partial charge in [-0.15, -0.1) is 0 Å². The number of nitrogens with one attached hydrogen (secondary N) is 1. The second-order valence-electron chi connectivity index (χ2n) is 6.73. The summed E-state index contributed by atoms with van der Waals surface area (Å²) >= 11 is 0. The van der Waals surface area contributed by atoms with E-state index in [1.165, 1.54) is 0 Å². The van der Waals surface area contributed by atoms with E-state index in [-0.39, 0.29) is 18.5 Å². The summed E-state index contributed by atoms with van der Waals surface area (Å²) < 4.78 is 31.7. The minimum atomic E-state index is -3.25. The van der Waals surface area contributed by atoms with E-state index in [9.17, 15) is 8.42 Å². The van der Waals surface area contributed by atoms with Gasteiger partial charge in [0.25, 0.3) is 0 Å². The summed E-state index contributed by atoms with van der Waals surface area (Å²) in [6.07, 6.45) is 2.34. The first kappa shape index (κ1) is 22.2. The molecule has 1 rings (SSSR count). The predicted molar refractivity (Wildman–Crippen MR) is 103 cm³/mol. The molecule has 0 bridgehead atoms. The molecule has 0 unspecified atom stereocenters. The van der Waals surface area contributed by atoms with Gasteiger partial charge in [0.2, 0.25) is 10.0 Å². The third kappa shape index (κ3) is 7.50. The van der Waals surface area contributed by atoms with E-state index in [2.05, 4.69) is 29.1 Å². The van der Waals surface area contributed by atoms with Gasteiger partial charge in [-0.05, 0) is 19.8 Å². The molecule has 0 amide bonds. The number of rotatable bonds is 9. The number of nitrogens with zero attached hydrogens (tertiary/aromatic N) is 3. The summed E-state index contributed by atoms with van der Waals surface area (Å²) in [6.45, 7) is 11.7. The fraction of sp³-hybridized carbons (Fsp3) is 0.941. The van der Waals surface area contributed by atoms with E-state index >= 15 is 0 Å². The Kier molecular flexibility index (Phi) is 9.74. The fourth-order valence-electron chi connectivity index (χ4n) is 2.84. The van der Waals surface area contributed by atoms with Crippen LogP contribution < -0.4 is 5.32 Å². The highest BCUT2D eigenvalue weighted by molar-refractivity contribution is 7.89. The first-order chi connectivity index (χ1) is 11.8. The Bertz CT molecular complexity index is 496. The highest BCUT2D eigenvalue weighted by atomic mass is 32.2. The molecule has 0 spiro atoms. The molecule has 0 aliphatic carbocycles. The molecule has 0 radical (unpaired) electrons. The minimum absolute atomic E-state index is 0.0484. The lowest BCUT2D eigenvalue weighted by molar-refractivity contribution is 0.0904. The molecule has 0 aromatic heterocycles. The molecule has 7 nitrogen and oxygen atoms in total. The first-order valence-electron chi connectivity index (χ1n) is 9.39. The van der Waals surface area contributed by atoms with Crippen LogP contribution in [0.1, 0.15) is 40.5 Å². The molecular formula is C17H36N4O3S. The summed E-state index contributed by atoms with van der Waals surface area (Å²) in [5.41, 5.74) is 0. The van der Waals surface area contributed by atoms with Gasteiger partial charge in [0.05, 0.1) is 18.5 Å². The van der Waals surface area contributed by atoms with E-state index in [0.717, 1.165) is 25.3 Å². The van der Waals surface area contributed by atoms with Gasteiger partial charge in [0.15, 0.2) is 5.96 Å². The number of ether oxygens (including phenoxy) is 1. The van der Waals surface area contributed by atoms with Gasteiger partial charge in [-0.1, -0.05) is 26.7 Å². The van der Waals surface area contributed by atoms with Gasteiger partial charge < -0.3 is 15.0 Å². The first-order valence-corrected chi connectivity index (χ1v) is 11.0. The molecule has 0 saturated carbocycles. The normalized spacial score (nSPS) is 17.6. The smallest absolute Gasteiger partial charge is 0.216 e. The zero-order valence-electron chi connectivity index (χ0n) is 16.5. The highest BCUT2D eigenvalue weighted by Crippen LogP contribution is 2.10. The Balaban J connectivity index is 2.48.